The van der Waals surface area contributed by atoms with E-state index in [0.29, 0.717) is 6.42 Å². The third kappa shape index (κ3) is 9.09. The van der Waals surface area contributed by atoms with Gasteiger partial charge in [0.1, 0.15) is 5.60 Å². The molecule has 0 spiro atoms. The van der Waals surface area contributed by atoms with Gasteiger partial charge in [0, 0.05) is 50.6 Å². The van der Waals surface area contributed by atoms with Gasteiger partial charge in [-0.15, -0.1) is 0 Å². The maximum Gasteiger partial charge on any atom is 0.410 e. The largest absolute Gasteiger partial charge is 0.444 e. The monoisotopic (exact) mass is 562 g/mol. The van der Waals surface area contributed by atoms with Crippen molar-refractivity contribution in [2.45, 2.75) is 142 Å². The predicted octanol–water partition coefficient (Wildman–Crippen LogP) is 5.48. The molecule has 230 valence electrons. The number of hydrogen-bond acceptors (Lipinski definition) is 5. The Bertz CT molecular complexity index is 811. The summed E-state index contributed by atoms with van der Waals surface area (Å²) in [6.45, 7) is 11.7. The summed E-state index contributed by atoms with van der Waals surface area (Å²) in [5.74, 6) is 3.23. The number of primary amides is 1. The molecule has 3 saturated carbocycles. The van der Waals surface area contributed by atoms with Crippen LogP contribution in [-0.2, 0) is 14.3 Å². The highest BCUT2D eigenvalue weighted by Crippen LogP contribution is 2.44. The predicted molar refractivity (Wildman–Crippen MR) is 160 cm³/mol. The van der Waals surface area contributed by atoms with E-state index in [9.17, 15) is 14.4 Å². The fourth-order valence-corrected chi connectivity index (χ4v) is 7.94. The number of amides is 3. The van der Waals surface area contributed by atoms with Crippen LogP contribution >= 0.6 is 0 Å². The second-order valence-electron chi connectivity index (χ2n) is 13.7. The summed E-state index contributed by atoms with van der Waals surface area (Å²) < 4.78 is 5.47. The van der Waals surface area contributed by atoms with E-state index in [-0.39, 0.29) is 35.9 Å². The zero-order valence-corrected chi connectivity index (χ0v) is 26.3. The van der Waals surface area contributed by atoms with E-state index in [0.717, 1.165) is 44.2 Å². The molecule has 6 fully saturated rings. The quantitative estimate of drug-likeness (QED) is 0.472. The van der Waals surface area contributed by atoms with Gasteiger partial charge in [0.2, 0.25) is 11.8 Å². The van der Waals surface area contributed by atoms with Gasteiger partial charge < -0.3 is 20.7 Å². The molecule has 3 N–H and O–H groups in total. The zero-order chi connectivity index (χ0) is 29.4. The lowest BCUT2D eigenvalue weighted by atomic mass is 9.90. The first-order valence-electron chi connectivity index (χ1n) is 16.3. The summed E-state index contributed by atoms with van der Waals surface area (Å²) in [7, 11) is 1.67. The molecule has 3 aliphatic heterocycles. The summed E-state index contributed by atoms with van der Waals surface area (Å²) in [6, 6.07) is 1.10. The van der Waals surface area contributed by atoms with E-state index in [1.165, 1.54) is 37.6 Å². The normalized spacial score (nSPS) is 33.1. The van der Waals surface area contributed by atoms with Gasteiger partial charge in [-0.05, 0) is 89.9 Å². The summed E-state index contributed by atoms with van der Waals surface area (Å²) in [5.41, 5.74) is 4.64. The number of nitrogens with one attached hydrogen (secondary N) is 1. The first kappa shape index (κ1) is 32.7. The number of likely N-dealkylation sites (tertiary alicyclic amines) is 1. The number of rotatable bonds is 4. The lowest BCUT2D eigenvalue weighted by Crippen LogP contribution is -2.50. The molecule has 4 atom stereocenters. The van der Waals surface area contributed by atoms with Crippen molar-refractivity contribution < 1.29 is 19.1 Å². The van der Waals surface area contributed by atoms with Crippen molar-refractivity contribution in [3.05, 3.63) is 0 Å². The Morgan fingerprint density at radius 3 is 1.70 bits per heavy atom. The van der Waals surface area contributed by atoms with Crippen molar-refractivity contribution in [3.8, 4) is 0 Å². The van der Waals surface area contributed by atoms with E-state index < -0.39 is 5.60 Å². The average Bonchev–Trinajstić information content (AvgIpc) is 3.76. The number of nitrogens with two attached hydrogens (primary N) is 1. The number of fused-ring (bicyclic) bond motifs is 6. The minimum Gasteiger partial charge on any atom is -0.444 e. The standard InChI is InChI=1S/C14H24N2O3.C9H16N2O.C7H12.C2H6/c1-14(2,3)19-13(18)16-10-5-6-11(16)8-9(7-10)12(17)15-4;10-9(12)3-4-11-6-7-1-2-8(11)5-7;1-2-7-4-3-6(1)5-7;1-2/h9-11H,5-8H2,1-4H3,(H,15,17);7-8H,1-6H2,(H2,10,12);6-7H,1-5H2;1-2H3. The molecule has 3 amide bonds. The molecule has 6 rings (SSSR count). The van der Waals surface area contributed by atoms with Crippen LogP contribution in [0.1, 0.15) is 118 Å². The second-order valence-corrected chi connectivity index (χ2v) is 13.7. The van der Waals surface area contributed by atoms with Crippen molar-refractivity contribution >= 4 is 17.9 Å². The molecule has 40 heavy (non-hydrogen) atoms. The third-order valence-electron chi connectivity index (χ3n) is 9.76. The number of ether oxygens (including phenoxy) is 1. The van der Waals surface area contributed by atoms with Crippen molar-refractivity contribution in [3.63, 3.8) is 0 Å². The van der Waals surface area contributed by atoms with Crippen LogP contribution in [0.3, 0.4) is 0 Å². The number of piperidine rings is 2. The zero-order valence-electron chi connectivity index (χ0n) is 26.3. The Kier molecular flexibility index (Phi) is 12.2. The molecule has 0 radical (unpaired) electrons. The molecule has 0 aromatic carbocycles. The number of nitrogens with zero attached hydrogens (tertiary/aromatic N) is 2. The van der Waals surface area contributed by atoms with E-state index in [1.54, 1.807) is 39.2 Å². The third-order valence-corrected chi connectivity index (χ3v) is 9.76. The number of carbonyl (C=O) groups excluding carboxylic acids is 3. The van der Waals surface area contributed by atoms with Crippen molar-refractivity contribution in [1.29, 1.82) is 0 Å². The lowest BCUT2D eigenvalue weighted by Gasteiger charge is -2.38. The molecule has 3 saturated heterocycles. The molecule has 3 heterocycles. The van der Waals surface area contributed by atoms with Crippen LogP contribution in [0.15, 0.2) is 0 Å². The first-order chi connectivity index (χ1) is 19.0. The topological polar surface area (TPSA) is 105 Å². The van der Waals surface area contributed by atoms with Crippen molar-refractivity contribution in [2.75, 3.05) is 20.1 Å². The van der Waals surface area contributed by atoms with Crippen LogP contribution < -0.4 is 11.1 Å². The molecule has 8 nitrogen and oxygen atoms in total. The average molecular weight is 563 g/mol. The van der Waals surface area contributed by atoms with Gasteiger partial charge in [-0.25, -0.2) is 4.79 Å². The fourth-order valence-electron chi connectivity index (χ4n) is 7.94. The van der Waals surface area contributed by atoms with Crippen LogP contribution in [0.4, 0.5) is 4.79 Å². The molecule has 4 unspecified atom stereocenters. The Balaban J connectivity index is 0.000000177. The summed E-state index contributed by atoms with van der Waals surface area (Å²) >= 11 is 0. The highest BCUT2D eigenvalue weighted by atomic mass is 16.6. The minimum absolute atomic E-state index is 0.0428. The van der Waals surface area contributed by atoms with Gasteiger partial charge in [0.25, 0.3) is 0 Å². The summed E-state index contributed by atoms with van der Waals surface area (Å²) in [5, 5.41) is 2.71. The Morgan fingerprint density at radius 2 is 1.32 bits per heavy atom. The maximum atomic E-state index is 12.2. The van der Waals surface area contributed by atoms with Gasteiger partial charge in [0.15, 0.2) is 0 Å². The number of hydrogen-bond donors (Lipinski definition) is 2. The van der Waals surface area contributed by atoms with Crippen molar-refractivity contribution in [2.24, 2.45) is 29.4 Å². The van der Waals surface area contributed by atoms with E-state index in [2.05, 4.69) is 10.2 Å². The molecule has 8 heteroatoms. The Morgan fingerprint density at radius 1 is 0.800 bits per heavy atom. The number of carbonyl (C=O) groups is 3. The van der Waals surface area contributed by atoms with E-state index in [4.69, 9.17) is 10.5 Å². The molecular formula is C32H58N4O4. The van der Waals surface area contributed by atoms with Gasteiger partial charge in [-0.2, -0.15) is 0 Å². The Hall–Kier alpha value is -1.83. The van der Waals surface area contributed by atoms with Crippen molar-refractivity contribution in [1.82, 2.24) is 15.1 Å². The molecular weight excluding hydrogens is 504 g/mol. The first-order valence-corrected chi connectivity index (χ1v) is 16.3. The molecule has 0 aromatic rings. The van der Waals surface area contributed by atoms with Crippen LogP contribution in [0, 0.1) is 23.7 Å². The van der Waals surface area contributed by atoms with Gasteiger partial charge in [-0.1, -0.05) is 39.5 Å². The van der Waals surface area contributed by atoms with Crippen LogP contribution in [0.5, 0.6) is 0 Å². The highest BCUT2D eigenvalue weighted by molar-refractivity contribution is 5.79. The Labute approximate surface area is 243 Å². The lowest BCUT2D eigenvalue weighted by molar-refractivity contribution is -0.127. The minimum atomic E-state index is -0.464. The maximum absolute atomic E-state index is 12.2. The van der Waals surface area contributed by atoms with Crippen LogP contribution in [0.2, 0.25) is 0 Å². The summed E-state index contributed by atoms with van der Waals surface area (Å²) in [4.78, 5) is 38.8. The second kappa shape index (κ2) is 14.9. The van der Waals surface area contributed by atoms with Crippen LogP contribution in [-0.4, -0.2) is 71.6 Å². The van der Waals surface area contributed by atoms with E-state index in [1.807, 2.05) is 39.5 Å². The highest BCUT2D eigenvalue weighted by Gasteiger charge is 2.46. The SMILES string of the molecule is C1CC2CCC1C2.CC.CNC(=O)C1CC2CCC(C1)N2C(=O)OC(C)(C)C.NC(=O)CCN1CC2CCC1C2. The van der Waals surface area contributed by atoms with Gasteiger partial charge >= 0.3 is 6.09 Å². The van der Waals surface area contributed by atoms with E-state index >= 15 is 0 Å². The molecule has 6 bridgehead atoms. The molecule has 0 aromatic heterocycles. The molecule has 6 aliphatic rings. The molecule has 3 aliphatic carbocycles. The van der Waals surface area contributed by atoms with Crippen LogP contribution in [0.25, 0.3) is 0 Å². The fraction of sp³-hybridized carbons (Fsp3) is 0.906. The smallest absolute Gasteiger partial charge is 0.410 e. The van der Waals surface area contributed by atoms with Gasteiger partial charge in [-0.3, -0.25) is 14.5 Å². The van der Waals surface area contributed by atoms with Gasteiger partial charge in [0.05, 0.1) is 0 Å². The summed E-state index contributed by atoms with van der Waals surface area (Å²) in [6.07, 6.45) is 15.7.